The number of nitrogens with zero attached hydrogens (tertiary/aromatic N) is 7. The first-order valence-corrected chi connectivity index (χ1v) is 11.9. The van der Waals surface area contributed by atoms with Crippen LogP contribution in [0.25, 0.3) is 22.3 Å². The van der Waals surface area contributed by atoms with E-state index in [1.165, 1.54) is 36.1 Å². The van der Waals surface area contributed by atoms with Gasteiger partial charge < -0.3 is 14.6 Å². The number of rotatable bonds is 5. The van der Waals surface area contributed by atoms with Gasteiger partial charge in [0.1, 0.15) is 28.8 Å². The Morgan fingerprint density at radius 1 is 1.03 bits per heavy atom. The molecule has 0 spiro atoms. The second-order valence-corrected chi connectivity index (χ2v) is 9.53. The van der Waals surface area contributed by atoms with Crippen molar-refractivity contribution in [3.05, 3.63) is 54.7 Å². The van der Waals surface area contributed by atoms with Gasteiger partial charge in [-0.05, 0) is 18.2 Å². The molecular formula is C22H20N8O3S. The number of nitrogens with one attached hydrogen (secondary N) is 1. The maximum Gasteiger partial charge on any atom is 0.244 e. The molecule has 0 bridgehead atoms. The van der Waals surface area contributed by atoms with Crippen molar-refractivity contribution in [2.75, 3.05) is 38.2 Å². The van der Waals surface area contributed by atoms with Crippen LogP contribution < -0.4 is 9.64 Å². The van der Waals surface area contributed by atoms with Gasteiger partial charge in [0.15, 0.2) is 0 Å². The number of hydrogen-bond donors (Lipinski definition) is 1. The lowest BCUT2D eigenvalue weighted by molar-refractivity contribution is 0.382. The molecule has 4 aromatic rings. The van der Waals surface area contributed by atoms with Crippen LogP contribution in [0.5, 0.6) is 5.88 Å². The van der Waals surface area contributed by atoms with Crippen LogP contribution in [-0.4, -0.2) is 70.9 Å². The number of aromatic amines is 1. The van der Waals surface area contributed by atoms with Crippen molar-refractivity contribution in [2.45, 2.75) is 4.90 Å². The Labute approximate surface area is 195 Å². The molecule has 12 heteroatoms. The molecule has 0 aliphatic carbocycles. The number of methoxy groups -OCH3 is 1. The maximum absolute atomic E-state index is 12.9. The highest BCUT2D eigenvalue weighted by Gasteiger charge is 2.29. The zero-order chi connectivity index (χ0) is 23.7. The Balaban J connectivity index is 1.31. The molecular weight excluding hydrogens is 456 g/mol. The molecule has 1 N–H and O–H groups in total. The standard InChI is InChI=1S/C22H20N8O3S/c1-33-19-5-3-17(13-25-19)34(31,32)30-8-6-29(7-9-30)18-4-2-15(11-24-18)21-20-16(10-23)12-26-22(20)28-14-27-21/h2-5,11-14H,6-9H2,1H3,(H,26,27,28). The summed E-state index contributed by atoms with van der Waals surface area (Å²) in [6.07, 6.45) is 6.08. The highest BCUT2D eigenvalue weighted by molar-refractivity contribution is 7.89. The van der Waals surface area contributed by atoms with Gasteiger partial charge in [0.05, 0.1) is 30.0 Å². The average Bonchev–Trinajstić information content (AvgIpc) is 3.32. The summed E-state index contributed by atoms with van der Waals surface area (Å²) in [5, 5.41) is 10.0. The van der Waals surface area contributed by atoms with Crippen LogP contribution in [-0.2, 0) is 10.0 Å². The monoisotopic (exact) mass is 476 g/mol. The van der Waals surface area contributed by atoms with Gasteiger partial charge in [-0.25, -0.2) is 28.4 Å². The predicted octanol–water partition coefficient (Wildman–Crippen LogP) is 1.81. The van der Waals surface area contributed by atoms with Crippen molar-refractivity contribution in [3.8, 4) is 23.2 Å². The molecule has 0 atom stereocenters. The summed E-state index contributed by atoms with van der Waals surface area (Å²) < 4.78 is 32.3. The summed E-state index contributed by atoms with van der Waals surface area (Å²) in [4.78, 5) is 22.3. The fourth-order valence-corrected chi connectivity index (χ4v) is 5.30. The van der Waals surface area contributed by atoms with Crippen LogP contribution in [0, 0.1) is 11.3 Å². The van der Waals surface area contributed by atoms with E-state index in [4.69, 9.17) is 4.74 Å². The van der Waals surface area contributed by atoms with Crippen LogP contribution in [0.2, 0.25) is 0 Å². The van der Waals surface area contributed by atoms with Crippen LogP contribution in [0.15, 0.2) is 54.1 Å². The van der Waals surface area contributed by atoms with Crippen molar-refractivity contribution in [1.29, 1.82) is 5.26 Å². The summed E-state index contributed by atoms with van der Waals surface area (Å²) in [5.74, 6) is 1.10. The van der Waals surface area contributed by atoms with Gasteiger partial charge >= 0.3 is 0 Å². The number of ether oxygens (including phenoxy) is 1. The number of piperazine rings is 1. The lowest BCUT2D eigenvalue weighted by atomic mass is 10.1. The Morgan fingerprint density at radius 3 is 2.50 bits per heavy atom. The minimum atomic E-state index is -3.63. The van der Waals surface area contributed by atoms with Crippen molar-refractivity contribution in [2.24, 2.45) is 0 Å². The summed E-state index contributed by atoms with van der Waals surface area (Å²) >= 11 is 0. The number of sulfonamides is 1. The minimum absolute atomic E-state index is 0.141. The van der Waals surface area contributed by atoms with Crippen molar-refractivity contribution in [3.63, 3.8) is 0 Å². The molecule has 0 unspecified atom stereocenters. The largest absolute Gasteiger partial charge is 0.481 e. The first-order chi connectivity index (χ1) is 16.5. The Hall–Kier alpha value is -4.08. The number of fused-ring (bicyclic) bond motifs is 1. The number of anilines is 1. The molecule has 0 saturated carbocycles. The first-order valence-electron chi connectivity index (χ1n) is 10.4. The smallest absolute Gasteiger partial charge is 0.244 e. The van der Waals surface area contributed by atoms with Gasteiger partial charge in [0.25, 0.3) is 0 Å². The molecule has 0 aromatic carbocycles. The third-order valence-corrected chi connectivity index (χ3v) is 7.61. The molecule has 5 rings (SSSR count). The number of hydrogen-bond acceptors (Lipinski definition) is 9. The lowest BCUT2D eigenvalue weighted by Crippen LogP contribution is -2.48. The minimum Gasteiger partial charge on any atom is -0.481 e. The molecule has 1 aliphatic heterocycles. The van der Waals surface area contributed by atoms with Crippen molar-refractivity contribution in [1.82, 2.24) is 29.2 Å². The van der Waals surface area contributed by atoms with Crippen LogP contribution >= 0.6 is 0 Å². The van der Waals surface area contributed by atoms with E-state index in [9.17, 15) is 13.7 Å². The molecule has 0 amide bonds. The van der Waals surface area contributed by atoms with Crippen LogP contribution in [0.4, 0.5) is 5.82 Å². The lowest BCUT2D eigenvalue weighted by Gasteiger charge is -2.34. The van der Waals surface area contributed by atoms with Gasteiger partial charge in [0.2, 0.25) is 15.9 Å². The fraction of sp³-hybridized carbons (Fsp3) is 0.227. The van der Waals surface area contributed by atoms with E-state index in [2.05, 4.69) is 31.0 Å². The predicted molar refractivity (Wildman–Crippen MR) is 124 cm³/mol. The summed E-state index contributed by atoms with van der Waals surface area (Å²) in [6.45, 7) is 1.67. The molecule has 5 heterocycles. The van der Waals surface area contributed by atoms with E-state index in [1.807, 2.05) is 17.0 Å². The molecule has 1 fully saturated rings. The van der Waals surface area contributed by atoms with Crippen LogP contribution in [0.3, 0.4) is 0 Å². The highest BCUT2D eigenvalue weighted by atomic mass is 32.2. The van der Waals surface area contributed by atoms with Gasteiger partial charge in [-0.1, -0.05) is 0 Å². The van der Waals surface area contributed by atoms with E-state index in [1.54, 1.807) is 12.4 Å². The topological polar surface area (TPSA) is 141 Å². The molecule has 1 saturated heterocycles. The summed E-state index contributed by atoms with van der Waals surface area (Å²) in [5.41, 5.74) is 2.46. The fourth-order valence-electron chi connectivity index (χ4n) is 3.93. The van der Waals surface area contributed by atoms with E-state index >= 15 is 0 Å². The van der Waals surface area contributed by atoms with Gasteiger partial charge in [-0.3, -0.25) is 0 Å². The van der Waals surface area contributed by atoms with Gasteiger partial charge in [0, 0.05) is 50.2 Å². The quantitative estimate of drug-likeness (QED) is 0.456. The number of pyridine rings is 2. The highest BCUT2D eigenvalue weighted by Crippen LogP contribution is 2.28. The zero-order valence-corrected chi connectivity index (χ0v) is 19.0. The molecule has 34 heavy (non-hydrogen) atoms. The van der Waals surface area contributed by atoms with Gasteiger partial charge in [-0.2, -0.15) is 9.57 Å². The average molecular weight is 477 g/mol. The molecule has 1 aliphatic rings. The van der Waals surface area contributed by atoms with Crippen molar-refractivity contribution < 1.29 is 13.2 Å². The third kappa shape index (κ3) is 3.81. The SMILES string of the molecule is COc1ccc(S(=O)(=O)N2CCN(c3ccc(-c4ncnc5[nH]cc(C#N)c45)cn3)CC2)cn1. The first kappa shape index (κ1) is 21.7. The van der Waals surface area contributed by atoms with E-state index in [0.29, 0.717) is 54.3 Å². The van der Waals surface area contributed by atoms with E-state index in [-0.39, 0.29) is 4.90 Å². The van der Waals surface area contributed by atoms with E-state index in [0.717, 1.165) is 11.4 Å². The number of H-pyrrole nitrogens is 1. The maximum atomic E-state index is 12.9. The third-order valence-electron chi connectivity index (χ3n) is 5.73. The number of nitriles is 1. The van der Waals surface area contributed by atoms with E-state index < -0.39 is 10.0 Å². The number of aromatic nitrogens is 5. The Kier molecular flexibility index (Phi) is 5.56. The summed E-state index contributed by atoms with van der Waals surface area (Å²) in [7, 11) is -2.15. The second-order valence-electron chi connectivity index (χ2n) is 7.59. The molecule has 0 radical (unpaired) electrons. The van der Waals surface area contributed by atoms with Crippen LogP contribution in [0.1, 0.15) is 5.56 Å². The Bertz CT molecular complexity index is 1470. The Morgan fingerprint density at radius 2 is 1.85 bits per heavy atom. The van der Waals surface area contributed by atoms with Crippen molar-refractivity contribution >= 4 is 26.9 Å². The van der Waals surface area contributed by atoms with Gasteiger partial charge in [-0.15, -0.1) is 0 Å². The zero-order valence-electron chi connectivity index (χ0n) is 18.2. The summed E-state index contributed by atoms with van der Waals surface area (Å²) in [6, 6.07) is 8.96. The normalized spacial score (nSPS) is 14.8. The molecule has 172 valence electrons. The molecule has 4 aromatic heterocycles. The molecule has 11 nitrogen and oxygen atoms in total. The second kappa shape index (κ2) is 8.69.